The van der Waals surface area contributed by atoms with Gasteiger partial charge in [-0.15, -0.1) is 0 Å². The summed E-state index contributed by atoms with van der Waals surface area (Å²) in [5.41, 5.74) is 1.48. The molecule has 0 fully saturated rings. The molecule has 2 aromatic heterocycles. The zero-order valence-corrected chi connectivity index (χ0v) is 16.3. The van der Waals surface area contributed by atoms with Crippen LogP contribution in [0.5, 0.6) is 5.75 Å². The SMILES string of the molecule is COc1ccc(NC(=O)CSc2nc3[nH]ncc3c(=O)n2-c2ccccc2)cc1. The number of fused-ring (bicyclic) bond motifs is 1. The van der Waals surface area contributed by atoms with Crippen LogP contribution in [0.15, 0.2) is 70.7 Å². The molecule has 8 nitrogen and oxygen atoms in total. The normalized spacial score (nSPS) is 10.8. The summed E-state index contributed by atoms with van der Waals surface area (Å²) < 4.78 is 6.60. The predicted octanol–water partition coefficient (Wildman–Crippen LogP) is 2.85. The molecule has 0 aliphatic rings. The Labute approximate surface area is 169 Å². The standard InChI is InChI=1S/C20H17N5O3S/c1-28-15-9-7-13(8-10-15)22-17(26)12-29-20-23-18-16(11-21-24-18)19(27)25(20)14-5-3-2-4-6-14/h2-11H,12H2,1H3,(H,21,24)(H,22,26). The summed E-state index contributed by atoms with van der Waals surface area (Å²) in [6.45, 7) is 0. The van der Waals surface area contributed by atoms with Crippen LogP contribution >= 0.6 is 11.8 Å². The Bertz CT molecular complexity index is 1200. The average Bonchev–Trinajstić information content (AvgIpc) is 3.22. The minimum Gasteiger partial charge on any atom is -0.497 e. The van der Waals surface area contributed by atoms with Crippen LogP contribution in [0.1, 0.15) is 0 Å². The van der Waals surface area contributed by atoms with Crippen LogP contribution in [0.2, 0.25) is 0 Å². The summed E-state index contributed by atoms with van der Waals surface area (Å²) in [6.07, 6.45) is 1.45. The second-order valence-electron chi connectivity index (χ2n) is 6.07. The van der Waals surface area contributed by atoms with Crippen LogP contribution in [0.4, 0.5) is 5.69 Å². The predicted molar refractivity (Wildman–Crippen MR) is 112 cm³/mol. The number of para-hydroxylation sites is 1. The molecule has 0 saturated heterocycles. The molecule has 1 amide bonds. The monoisotopic (exact) mass is 407 g/mol. The van der Waals surface area contributed by atoms with Gasteiger partial charge in [-0.05, 0) is 36.4 Å². The van der Waals surface area contributed by atoms with Gasteiger partial charge in [0.2, 0.25) is 5.91 Å². The number of methoxy groups -OCH3 is 1. The summed E-state index contributed by atoms with van der Waals surface area (Å²) in [5, 5.41) is 10.2. The molecule has 146 valence electrons. The van der Waals surface area contributed by atoms with E-state index in [0.29, 0.717) is 33.3 Å². The van der Waals surface area contributed by atoms with Crippen molar-refractivity contribution < 1.29 is 9.53 Å². The van der Waals surface area contributed by atoms with Gasteiger partial charge in [-0.25, -0.2) is 4.98 Å². The molecule has 9 heteroatoms. The number of amides is 1. The Morgan fingerprint density at radius 2 is 1.93 bits per heavy atom. The molecule has 0 spiro atoms. The largest absolute Gasteiger partial charge is 0.497 e. The van der Waals surface area contributed by atoms with Crippen molar-refractivity contribution in [3.8, 4) is 11.4 Å². The van der Waals surface area contributed by atoms with Gasteiger partial charge >= 0.3 is 0 Å². The minimum absolute atomic E-state index is 0.0882. The van der Waals surface area contributed by atoms with Crippen LogP contribution in [0.3, 0.4) is 0 Å². The third kappa shape index (κ3) is 3.99. The van der Waals surface area contributed by atoms with Gasteiger partial charge in [-0.2, -0.15) is 5.10 Å². The van der Waals surface area contributed by atoms with Gasteiger partial charge in [0.25, 0.3) is 5.56 Å². The van der Waals surface area contributed by atoms with E-state index in [1.807, 2.05) is 30.3 Å². The number of aromatic amines is 1. The Morgan fingerprint density at radius 3 is 2.66 bits per heavy atom. The van der Waals surface area contributed by atoms with Gasteiger partial charge in [-0.3, -0.25) is 19.3 Å². The van der Waals surface area contributed by atoms with E-state index < -0.39 is 0 Å². The molecule has 4 aromatic rings. The maximum atomic E-state index is 12.9. The highest BCUT2D eigenvalue weighted by atomic mass is 32.2. The topological polar surface area (TPSA) is 102 Å². The summed E-state index contributed by atoms with van der Waals surface area (Å²) >= 11 is 1.18. The molecule has 4 rings (SSSR count). The summed E-state index contributed by atoms with van der Waals surface area (Å²) in [5.74, 6) is 0.588. The number of H-pyrrole nitrogens is 1. The smallest absolute Gasteiger partial charge is 0.269 e. The van der Waals surface area contributed by atoms with Crippen LogP contribution in [0, 0.1) is 0 Å². The Morgan fingerprint density at radius 1 is 1.17 bits per heavy atom. The summed E-state index contributed by atoms with van der Waals surface area (Å²) in [6, 6.07) is 16.2. The molecule has 0 saturated carbocycles. The van der Waals surface area contributed by atoms with Crippen molar-refractivity contribution in [1.82, 2.24) is 19.7 Å². The molecule has 2 N–H and O–H groups in total. The van der Waals surface area contributed by atoms with Crippen LogP contribution in [0.25, 0.3) is 16.7 Å². The van der Waals surface area contributed by atoms with E-state index in [2.05, 4.69) is 20.5 Å². The number of hydrogen-bond acceptors (Lipinski definition) is 6. The van der Waals surface area contributed by atoms with E-state index in [4.69, 9.17) is 4.74 Å². The maximum Gasteiger partial charge on any atom is 0.269 e. The fraction of sp³-hybridized carbons (Fsp3) is 0.100. The molecule has 0 aliphatic heterocycles. The van der Waals surface area contributed by atoms with Crippen LogP contribution in [-0.4, -0.2) is 38.5 Å². The minimum atomic E-state index is -0.243. The summed E-state index contributed by atoms with van der Waals surface area (Å²) in [4.78, 5) is 29.8. The average molecular weight is 407 g/mol. The highest BCUT2D eigenvalue weighted by Gasteiger charge is 2.16. The van der Waals surface area contributed by atoms with E-state index in [-0.39, 0.29) is 17.2 Å². The van der Waals surface area contributed by atoms with Crippen LogP contribution < -0.4 is 15.6 Å². The lowest BCUT2D eigenvalue weighted by Crippen LogP contribution is -2.22. The molecule has 29 heavy (non-hydrogen) atoms. The fourth-order valence-corrected chi connectivity index (χ4v) is 3.58. The Kier molecular flexibility index (Phi) is 5.30. The van der Waals surface area contributed by atoms with E-state index in [0.717, 1.165) is 0 Å². The first-order valence-electron chi connectivity index (χ1n) is 8.74. The zero-order chi connectivity index (χ0) is 20.2. The number of anilines is 1. The molecule has 0 aliphatic carbocycles. The number of nitrogens with zero attached hydrogens (tertiary/aromatic N) is 3. The summed E-state index contributed by atoms with van der Waals surface area (Å²) in [7, 11) is 1.58. The van der Waals surface area contributed by atoms with Gasteiger partial charge in [0.15, 0.2) is 10.8 Å². The first kappa shape index (κ1) is 18.8. The van der Waals surface area contributed by atoms with Gasteiger partial charge in [0, 0.05) is 5.69 Å². The van der Waals surface area contributed by atoms with Gasteiger partial charge in [0.05, 0.1) is 24.7 Å². The Hall–Kier alpha value is -3.59. The highest BCUT2D eigenvalue weighted by molar-refractivity contribution is 7.99. The molecule has 0 atom stereocenters. The number of carbonyl (C=O) groups is 1. The molecule has 2 heterocycles. The quantitative estimate of drug-likeness (QED) is 0.376. The van der Waals surface area contributed by atoms with Gasteiger partial charge < -0.3 is 10.1 Å². The van der Waals surface area contributed by atoms with Crippen molar-refractivity contribution in [1.29, 1.82) is 0 Å². The van der Waals surface area contributed by atoms with Crippen molar-refractivity contribution in [2.75, 3.05) is 18.2 Å². The Balaban J connectivity index is 1.58. The van der Waals surface area contributed by atoms with Crippen molar-refractivity contribution in [3.63, 3.8) is 0 Å². The highest BCUT2D eigenvalue weighted by Crippen LogP contribution is 2.21. The fourth-order valence-electron chi connectivity index (χ4n) is 2.78. The first-order valence-corrected chi connectivity index (χ1v) is 9.72. The molecular weight excluding hydrogens is 390 g/mol. The van der Waals surface area contributed by atoms with Crippen LogP contribution in [-0.2, 0) is 4.79 Å². The molecule has 0 bridgehead atoms. The second kappa shape index (κ2) is 8.19. The lowest BCUT2D eigenvalue weighted by molar-refractivity contribution is -0.113. The number of nitrogens with one attached hydrogen (secondary N) is 2. The van der Waals surface area contributed by atoms with Crippen molar-refractivity contribution in [2.45, 2.75) is 5.16 Å². The van der Waals surface area contributed by atoms with E-state index in [9.17, 15) is 9.59 Å². The van der Waals surface area contributed by atoms with Crippen molar-refractivity contribution >= 4 is 34.4 Å². The third-order valence-electron chi connectivity index (χ3n) is 4.17. The van der Waals surface area contributed by atoms with E-state index >= 15 is 0 Å². The van der Waals surface area contributed by atoms with E-state index in [1.165, 1.54) is 22.5 Å². The van der Waals surface area contributed by atoms with E-state index in [1.54, 1.807) is 31.4 Å². The first-order chi connectivity index (χ1) is 14.2. The number of ether oxygens (including phenoxy) is 1. The number of thioether (sulfide) groups is 1. The number of hydrogen-bond donors (Lipinski definition) is 2. The van der Waals surface area contributed by atoms with Gasteiger partial charge in [-0.1, -0.05) is 30.0 Å². The third-order valence-corrected chi connectivity index (χ3v) is 5.11. The lowest BCUT2D eigenvalue weighted by Gasteiger charge is -2.12. The number of rotatable bonds is 6. The maximum absolute atomic E-state index is 12.9. The van der Waals surface area contributed by atoms with Crippen molar-refractivity contribution in [3.05, 3.63) is 71.1 Å². The van der Waals surface area contributed by atoms with Crippen molar-refractivity contribution in [2.24, 2.45) is 0 Å². The number of carbonyl (C=O) groups excluding carboxylic acids is 1. The number of benzene rings is 2. The lowest BCUT2D eigenvalue weighted by atomic mass is 10.3. The molecule has 0 radical (unpaired) electrons. The molecular formula is C20H17N5O3S. The molecule has 0 unspecified atom stereocenters. The second-order valence-corrected chi connectivity index (χ2v) is 7.01. The zero-order valence-electron chi connectivity index (χ0n) is 15.5. The number of aromatic nitrogens is 4. The van der Waals surface area contributed by atoms with Gasteiger partial charge in [0.1, 0.15) is 11.1 Å². The molecule has 2 aromatic carbocycles.